The molecule has 0 aliphatic heterocycles. The van der Waals surface area contributed by atoms with Gasteiger partial charge < -0.3 is 4.74 Å². The molecule has 2 aromatic carbocycles. The smallest absolute Gasteiger partial charge is 0.282 e. The standard InChI is InChI=1S/C15H17OS/c1-17(2)15(13-9-5-3-6-10-13)16-14-11-7-4-8-12-14/h3-12,15H,1-2H3/q+1. The van der Waals surface area contributed by atoms with Crippen molar-refractivity contribution in [1.82, 2.24) is 0 Å². The molecule has 0 heterocycles. The van der Waals surface area contributed by atoms with Crippen LogP contribution in [0, 0.1) is 0 Å². The maximum Gasteiger partial charge on any atom is 0.282 e. The van der Waals surface area contributed by atoms with Crippen molar-refractivity contribution >= 4 is 10.9 Å². The SMILES string of the molecule is C[S+](C)C(Oc1ccccc1)c1ccccc1. The minimum atomic E-state index is 0.138. The van der Waals surface area contributed by atoms with Crippen LogP contribution in [0.2, 0.25) is 0 Å². The predicted octanol–water partition coefficient (Wildman–Crippen LogP) is 3.64. The van der Waals surface area contributed by atoms with Gasteiger partial charge in [0.2, 0.25) is 0 Å². The monoisotopic (exact) mass is 245 g/mol. The van der Waals surface area contributed by atoms with Crippen LogP contribution in [0.3, 0.4) is 0 Å². The van der Waals surface area contributed by atoms with Crippen molar-refractivity contribution in [3.05, 3.63) is 66.2 Å². The van der Waals surface area contributed by atoms with E-state index < -0.39 is 0 Å². The summed E-state index contributed by atoms with van der Waals surface area (Å²) in [5, 5.41) is 0. The molecule has 1 nitrogen and oxygen atoms in total. The van der Waals surface area contributed by atoms with E-state index in [1.54, 1.807) is 0 Å². The summed E-state index contributed by atoms with van der Waals surface area (Å²) in [6.45, 7) is 0. The summed E-state index contributed by atoms with van der Waals surface area (Å²) >= 11 is 0. The van der Waals surface area contributed by atoms with Crippen LogP contribution in [-0.4, -0.2) is 12.5 Å². The van der Waals surface area contributed by atoms with E-state index in [1.807, 2.05) is 36.4 Å². The van der Waals surface area contributed by atoms with Gasteiger partial charge >= 0.3 is 0 Å². The lowest BCUT2D eigenvalue weighted by molar-refractivity contribution is 0.292. The molecule has 0 saturated carbocycles. The van der Waals surface area contributed by atoms with Crippen LogP contribution >= 0.6 is 0 Å². The Balaban J connectivity index is 2.20. The number of hydrogen-bond donors (Lipinski definition) is 0. The Kier molecular flexibility index (Phi) is 4.10. The zero-order valence-electron chi connectivity index (χ0n) is 10.2. The largest absolute Gasteiger partial charge is 0.442 e. The van der Waals surface area contributed by atoms with Crippen molar-refractivity contribution in [2.24, 2.45) is 0 Å². The number of rotatable bonds is 4. The van der Waals surface area contributed by atoms with E-state index in [-0.39, 0.29) is 16.3 Å². The molecule has 0 aromatic heterocycles. The molecule has 0 aliphatic carbocycles. The molecule has 2 aromatic rings. The molecular formula is C15H17OS+. The molecule has 0 bridgehead atoms. The lowest BCUT2D eigenvalue weighted by Crippen LogP contribution is -2.17. The lowest BCUT2D eigenvalue weighted by Gasteiger charge is -2.16. The lowest BCUT2D eigenvalue weighted by atomic mass is 10.2. The fourth-order valence-corrected chi connectivity index (χ4v) is 2.67. The summed E-state index contributed by atoms with van der Waals surface area (Å²) < 4.78 is 6.07. The second-order valence-corrected chi connectivity index (χ2v) is 6.24. The Morgan fingerprint density at radius 1 is 0.824 bits per heavy atom. The summed E-state index contributed by atoms with van der Waals surface area (Å²) in [6, 6.07) is 20.4. The molecule has 1 unspecified atom stereocenters. The van der Waals surface area contributed by atoms with E-state index in [4.69, 9.17) is 4.74 Å². The third kappa shape index (κ3) is 3.27. The second-order valence-electron chi connectivity index (χ2n) is 4.05. The van der Waals surface area contributed by atoms with Crippen LogP contribution in [0.4, 0.5) is 0 Å². The third-order valence-electron chi connectivity index (χ3n) is 2.49. The number of para-hydroxylation sites is 1. The van der Waals surface area contributed by atoms with Gasteiger partial charge in [0.15, 0.2) is 0 Å². The maximum atomic E-state index is 6.07. The van der Waals surface area contributed by atoms with Gasteiger partial charge in [-0.1, -0.05) is 48.5 Å². The van der Waals surface area contributed by atoms with E-state index in [1.165, 1.54) is 5.56 Å². The van der Waals surface area contributed by atoms with Crippen molar-refractivity contribution in [3.63, 3.8) is 0 Å². The van der Waals surface area contributed by atoms with Crippen LogP contribution in [0.1, 0.15) is 11.0 Å². The van der Waals surface area contributed by atoms with E-state index in [9.17, 15) is 0 Å². The van der Waals surface area contributed by atoms with Crippen molar-refractivity contribution in [2.75, 3.05) is 12.5 Å². The first-order valence-electron chi connectivity index (χ1n) is 5.60. The summed E-state index contributed by atoms with van der Waals surface area (Å²) in [4.78, 5) is 0. The highest BCUT2D eigenvalue weighted by Crippen LogP contribution is 2.26. The topological polar surface area (TPSA) is 9.23 Å². The van der Waals surface area contributed by atoms with Gasteiger partial charge in [0, 0.05) is 16.5 Å². The third-order valence-corrected chi connectivity index (χ3v) is 3.71. The summed E-state index contributed by atoms with van der Waals surface area (Å²) in [7, 11) is 0.173. The molecular weight excluding hydrogens is 228 g/mol. The van der Waals surface area contributed by atoms with Gasteiger partial charge in [-0.15, -0.1) is 0 Å². The van der Waals surface area contributed by atoms with Gasteiger partial charge in [-0.3, -0.25) is 0 Å². The second kappa shape index (κ2) is 5.78. The normalized spacial score (nSPS) is 12.4. The van der Waals surface area contributed by atoms with Gasteiger partial charge in [0.05, 0.1) is 0 Å². The molecule has 2 rings (SSSR count). The zero-order chi connectivity index (χ0) is 12.1. The van der Waals surface area contributed by atoms with Crippen molar-refractivity contribution in [1.29, 1.82) is 0 Å². The van der Waals surface area contributed by atoms with Gasteiger partial charge in [-0.25, -0.2) is 0 Å². The van der Waals surface area contributed by atoms with Crippen LogP contribution in [-0.2, 0) is 10.9 Å². The highest BCUT2D eigenvalue weighted by Gasteiger charge is 2.25. The van der Waals surface area contributed by atoms with Crippen molar-refractivity contribution in [3.8, 4) is 5.75 Å². The highest BCUT2D eigenvalue weighted by atomic mass is 32.2. The van der Waals surface area contributed by atoms with Crippen LogP contribution in [0.25, 0.3) is 0 Å². The van der Waals surface area contributed by atoms with Crippen molar-refractivity contribution < 1.29 is 4.74 Å². The molecule has 0 radical (unpaired) electrons. The molecule has 2 heteroatoms. The van der Waals surface area contributed by atoms with Crippen molar-refractivity contribution in [2.45, 2.75) is 5.44 Å². The first-order valence-corrected chi connectivity index (χ1v) is 7.71. The van der Waals surface area contributed by atoms with Gasteiger partial charge in [-0.05, 0) is 12.1 Å². The fraction of sp³-hybridized carbons (Fsp3) is 0.200. The Labute approximate surface area is 106 Å². The van der Waals surface area contributed by atoms with Crippen LogP contribution in [0.15, 0.2) is 60.7 Å². The molecule has 17 heavy (non-hydrogen) atoms. The maximum absolute atomic E-state index is 6.07. The quantitative estimate of drug-likeness (QED) is 0.747. The molecule has 0 spiro atoms. The van der Waals surface area contributed by atoms with Gasteiger partial charge in [-0.2, -0.15) is 0 Å². The van der Waals surface area contributed by atoms with E-state index in [2.05, 4.69) is 36.8 Å². The number of hydrogen-bond acceptors (Lipinski definition) is 1. The number of ether oxygens (including phenoxy) is 1. The first kappa shape index (κ1) is 12.1. The molecule has 88 valence electrons. The molecule has 0 N–H and O–H groups in total. The van der Waals surface area contributed by atoms with Gasteiger partial charge in [0.25, 0.3) is 5.44 Å². The zero-order valence-corrected chi connectivity index (χ0v) is 11.0. The fourth-order valence-electron chi connectivity index (χ4n) is 1.67. The molecule has 1 atom stereocenters. The average Bonchev–Trinajstić information content (AvgIpc) is 2.38. The van der Waals surface area contributed by atoms with Crippen LogP contribution < -0.4 is 4.74 Å². The Hall–Kier alpha value is -1.41. The minimum absolute atomic E-state index is 0.138. The number of benzene rings is 2. The first-order chi connectivity index (χ1) is 8.27. The van der Waals surface area contributed by atoms with Crippen LogP contribution in [0.5, 0.6) is 5.75 Å². The Morgan fingerprint density at radius 2 is 1.35 bits per heavy atom. The molecule has 0 aliphatic rings. The summed E-state index contributed by atoms with van der Waals surface area (Å²) in [5.74, 6) is 0.933. The van der Waals surface area contributed by atoms with Gasteiger partial charge in [0.1, 0.15) is 18.3 Å². The van der Waals surface area contributed by atoms with E-state index >= 15 is 0 Å². The Morgan fingerprint density at radius 3 is 1.88 bits per heavy atom. The summed E-state index contributed by atoms with van der Waals surface area (Å²) in [5.41, 5.74) is 1.38. The summed E-state index contributed by atoms with van der Waals surface area (Å²) in [6.07, 6.45) is 4.42. The molecule has 0 fully saturated rings. The van der Waals surface area contributed by atoms with E-state index in [0.29, 0.717) is 0 Å². The minimum Gasteiger partial charge on any atom is -0.442 e. The highest BCUT2D eigenvalue weighted by molar-refractivity contribution is 7.95. The molecule has 0 amide bonds. The average molecular weight is 245 g/mol. The molecule has 0 saturated heterocycles. The predicted molar refractivity (Wildman–Crippen MR) is 75.5 cm³/mol. The van der Waals surface area contributed by atoms with E-state index in [0.717, 1.165) is 5.75 Å². The Bertz CT molecular complexity index is 439.